The lowest BCUT2D eigenvalue weighted by Crippen LogP contribution is -1.95. The maximum Gasteiger partial charge on any atom is 0.239 e. The predicted octanol–water partition coefficient (Wildman–Crippen LogP) is 5.48. The Morgan fingerprint density at radius 2 is 1.52 bits per heavy atom. The van der Waals surface area contributed by atoms with Gasteiger partial charge in [-0.3, -0.25) is 0 Å². The molecule has 0 unspecified atom stereocenters. The zero-order valence-electron chi connectivity index (χ0n) is 11.6. The smallest absolute Gasteiger partial charge is 0.239 e. The van der Waals surface area contributed by atoms with Crippen LogP contribution in [-0.4, -0.2) is 10.2 Å². The summed E-state index contributed by atoms with van der Waals surface area (Å²) in [6.07, 6.45) is 0. The van der Waals surface area contributed by atoms with Crippen LogP contribution in [-0.2, 0) is 0 Å². The molecule has 0 saturated heterocycles. The molecule has 3 aromatic rings. The van der Waals surface area contributed by atoms with Gasteiger partial charge in [0.1, 0.15) is 0 Å². The maximum absolute atomic E-state index is 6.12. The molecule has 3 rings (SSSR count). The van der Waals surface area contributed by atoms with E-state index >= 15 is 0 Å². The van der Waals surface area contributed by atoms with Crippen LogP contribution in [0, 0.1) is 0 Å². The van der Waals surface area contributed by atoms with Gasteiger partial charge >= 0.3 is 0 Å². The van der Waals surface area contributed by atoms with Crippen molar-refractivity contribution >= 4 is 40.5 Å². The molecule has 116 valence electrons. The summed E-state index contributed by atoms with van der Waals surface area (Å²) in [5.74, 6) is 0.486. The highest BCUT2D eigenvalue weighted by Crippen LogP contribution is 2.38. The number of ether oxygens (including phenoxy) is 1. The normalized spacial score (nSPS) is 10.6. The largest absolute Gasteiger partial charge is 0.434 e. The minimum absolute atomic E-state index is 0.224. The molecule has 0 bridgehead atoms. The van der Waals surface area contributed by atoms with Gasteiger partial charge in [-0.05, 0) is 17.7 Å². The Hall–Kier alpha value is -2.01. The molecule has 0 spiro atoms. The number of hydrogen-bond acceptors (Lipinski definition) is 4. The van der Waals surface area contributed by atoms with Gasteiger partial charge in [0.25, 0.3) is 0 Å². The fourth-order valence-corrected chi connectivity index (χ4v) is 2.79. The summed E-state index contributed by atoms with van der Waals surface area (Å²) in [5.41, 5.74) is 7.71. The van der Waals surface area contributed by atoms with Crippen LogP contribution in [0.15, 0.2) is 48.5 Å². The summed E-state index contributed by atoms with van der Waals surface area (Å²) < 4.78 is 5.66. The van der Waals surface area contributed by atoms with Crippen molar-refractivity contribution in [2.45, 2.75) is 0 Å². The van der Waals surface area contributed by atoms with Crippen LogP contribution in [0.25, 0.3) is 11.1 Å². The van der Waals surface area contributed by atoms with Gasteiger partial charge in [-0.1, -0.05) is 65.1 Å². The lowest BCUT2D eigenvalue weighted by atomic mass is 10.1. The molecule has 0 atom stereocenters. The van der Waals surface area contributed by atoms with E-state index in [4.69, 9.17) is 45.3 Å². The van der Waals surface area contributed by atoms with E-state index in [1.807, 2.05) is 30.3 Å². The minimum Gasteiger partial charge on any atom is -0.434 e. The van der Waals surface area contributed by atoms with Crippen molar-refractivity contribution < 1.29 is 4.74 Å². The highest BCUT2D eigenvalue weighted by atomic mass is 35.5. The third kappa shape index (κ3) is 3.50. The fourth-order valence-electron chi connectivity index (χ4n) is 2.01. The van der Waals surface area contributed by atoms with Gasteiger partial charge in [-0.25, -0.2) is 0 Å². The summed E-state index contributed by atoms with van der Waals surface area (Å²) in [4.78, 5) is 0. The first-order valence-corrected chi connectivity index (χ1v) is 7.69. The second-order valence-corrected chi connectivity index (χ2v) is 5.84. The van der Waals surface area contributed by atoms with E-state index in [0.29, 0.717) is 11.3 Å². The Labute approximate surface area is 147 Å². The number of anilines is 1. The summed E-state index contributed by atoms with van der Waals surface area (Å²) in [6, 6.07) is 14.3. The Balaban J connectivity index is 2.00. The van der Waals surface area contributed by atoms with Crippen molar-refractivity contribution in [3.05, 3.63) is 63.7 Å². The number of nitrogens with zero attached hydrogens (tertiary/aromatic N) is 2. The van der Waals surface area contributed by atoms with Gasteiger partial charge in [0.2, 0.25) is 5.88 Å². The van der Waals surface area contributed by atoms with Crippen molar-refractivity contribution in [1.82, 2.24) is 10.2 Å². The molecule has 0 aliphatic carbocycles. The van der Waals surface area contributed by atoms with Crippen molar-refractivity contribution in [3.8, 4) is 22.8 Å². The summed E-state index contributed by atoms with van der Waals surface area (Å²) in [7, 11) is 0. The SMILES string of the molecule is Nc1cc(Cl)c(Oc2cc(-c3ccccc3)c(Cl)nn2)c(Cl)c1. The van der Waals surface area contributed by atoms with E-state index in [9.17, 15) is 0 Å². The van der Waals surface area contributed by atoms with Crippen molar-refractivity contribution in [1.29, 1.82) is 0 Å². The van der Waals surface area contributed by atoms with Crippen LogP contribution in [0.5, 0.6) is 11.6 Å². The zero-order chi connectivity index (χ0) is 16.4. The number of nitrogens with two attached hydrogens (primary N) is 1. The van der Waals surface area contributed by atoms with Gasteiger partial charge in [0, 0.05) is 17.3 Å². The van der Waals surface area contributed by atoms with Crippen molar-refractivity contribution in [2.75, 3.05) is 5.73 Å². The summed E-state index contributed by atoms with van der Waals surface area (Å²) in [6.45, 7) is 0. The molecule has 2 N–H and O–H groups in total. The van der Waals surface area contributed by atoms with Gasteiger partial charge in [0.15, 0.2) is 10.9 Å². The number of rotatable bonds is 3. The van der Waals surface area contributed by atoms with Crippen LogP contribution in [0.4, 0.5) is 5.69 Å². The number of hydrogen-bond donors (Lipinski definition) is 1. The van der Waals surface area contributed by atoms with E-state index < -0.39 is 0 Å². The highest BCUT2D eigenvalue weighted by Gasteiger charge is 2.13. The van der Waals surface area contributed by atoms with E-state index in [1.165, 1.54) is 0 Å². The Bertz CT molecular complexity index is 833. The predicted molar refractivity (Wildman–Crippen MR) is 93.4 cm³/mol. The fraction of sp³-hybridized carbons (Fsp3) is 0. The zero-order valence-corrected chi connectivity index (χ0v) is 13.9. The molecule has 0 amide bonds. The molecule has 0 fully saturated rings. The Morgan fingerprint density at radius 3 is 2.17 bits per heavy atom. The maximum atomic E-state index is 6.12. The topological polar surface area (TPSA) is 61.0 Å². The quantitative estimate of drug-likeness (QED) is 0.624. The molecule has 1 heterocycles. The van der Waals surface area contributed by atoms with Crippen LogP contribution in [0.2, 0.25) is 15.2 Å². The van der Waals surface area contributed by atoms with E-state index in [0.717, 1.165) is 5.56 Å². The van der Waals surface area contributed by atoms with Gasteiger partial charge in [0.05, 0.1) is 10.0 Å². The molecular weight excluding hydrogens is 357 g/mol. The highest BCUT2D eigenvalue weighted by molar-refractivity contribution is 6.37. The van der Waals surface area contributed by atoms with Crippen molar-refractivity contribution in [3.63, 3.8) is 0 Å². The average Bonchev–Trinajstić information content (AvgIpc) is 2.53. The monoisotopic (exact) mass is 365 g/mol. The Kier molecular flexibility index (Phi) is 4.57. The van der Waals surface area contributed by atoms with Gasteiger partial charge < -0.3 is 10.5 Å². The molecule has 0 radical (unpaired) electrons. The molecular formula is C16H10Cl3N3O. The lowest BCUT2D eigenvalue weighted by molar-refractivity contribution is 0.456. The van der Waals surface area contributed by atoms with Crippen LogP contribution >= 0.6 is 34.8 Å². The van der Waals surface area contributed by atoms with E-state index in [1.54, 1.807) is 18.2 Å². The first-order chi connectivity index (χ1) is 11.0. The lowest BCUT2D eigenvalue weighted by Gasteiger charge is -2.10. The first kappa shape index (κ1) is 15.9. The van der Waals surface area contributed by atoms with Gasteiger partial charge in [-0.2, -0.15) is 0 Å². The van der Waals surface area contributed by atoms with Gasteiger partial charge in [-0.15, -0.1) is 10.2 Å². The Morgan fingerprint density at radius 1 is 0.870 bits per heavy atom. The van der Waals surface area contributed by atoms with Crippen LogP contribution in [0.3, 0.4) is 0 Å². The molecule has 7 heteroatoms. The van der Waals surface area contributed by atoms with E-state index in [2.05, 4.69) is 10.2 Å². The van der Waals surface area contributed by atoms with E-state index in [-0.39, 0.29) is 26.8 Å². The second kappa shape index (κ2) is 6.62. The third-order valence-corrected chi connectivity index (χ3v) is 3.88. The molecule has 2 aromatic carbocycles. The molecule has 4 nitrogen and oxygen atoms in total. The number of nitrogen functional groups attached to an aromatic ring is 1. The third-order valence-electron chi connectivity index (χ3n) is 3.04. The molecule has 0 aliphatic rings. The standard InChI is InChI=1S/C16H10Cl3N3O/c17-12-6-10(20)7-13(18)15(12)23-14-8-11(16(19)22-21-14)9-4-2-1-3-5-9/h1-8H,20H2. The average molecular weight is 367 g/mol. The molecule has 1 aromatic heterocycles. The minimum atomic E-state index is 0.224. The molecule has 0 saturated carbocycles. The van der Waals surface area contributed by atoms with Crippen molar-refractivity contribution in [2.24, 2.45) is 0 Å². The number of benzene rings is 2. The number of halogens is 3. The van der Waals surface area contributed by atoms with Crippen LogP contribution in [0.1, 0.15) is 0 Å². The first-order valence-electron chi connectivity index (χ1n) is 6.55. The molecule has 23 heavy (non-hydrogen) atoms. The number of aromatic nitrogens is 2. The second-order valence-electron chi connectivity index (χ2n) is 4.67. The molecule has 0 aliphatic heterocycles. The summed E-state index contributed by atoms with van der Waals surface area (Å²) in [5, 5.41) is 8.67. The van der Waals surface area contributed by atoms with Crippen LogP contribution < -0.4 is 10.5 Å². The summed E-state index contributed by atoms with van der Waals surface area (Å²) >= 11 is 18.3.